The van der Waals surface area contributed by atoms with Crippen molar-refractivity contribution in [3.8, 4) is 16.9 Å². The van der Waals surface area contributed by atoms with Gasteiger partial charge in [0.25, 0.3) is 5.56 Å². The summed E-state index contributed by atoms with van der Waals surface area (Å²) < 4.78 is 34.7. The molecule has 30 heavy (non-hydrogen) atoms. The first kappa shape index (κ1) is 20.5. The molecule has 0 aliphatic heterocycles. The van der Waals surface area contributed by atoms with Crippen molar-refractivity contribution in [3.63, 3.8) is 0 Å². The molecule has 0 saturated carbocycles. The number of hydrogen-bond donors (Lipinski definition) is 3. The van der Waals surface area contributed by atoms with Crippen molar-refractivity contribution in [2.24, 2.45) is 0 Å². The van der Waals surface area contributed by atoms with E-state index in [0.29, 0.717) is 33.5 Å². The van der Waals surface area contributed by atoms with Gasteiger partial charge in [0.1, 0.15) is 10.4 Å². The molecule has 7 nitrogen and oxygen atoms in total. The molecule has 2 aromatic heterocycles. The van der Waals surface area contributed by atoms with E-state index in [4.69, 9.17) is 9.84 Å². The summed E-state index contributed by atoms with van der Waals surface area (Å²) in [6, 6.07) is 12.0. The molecule has 3 N–H and O–H groups in total. The summed E-state index contributed by atoms with van der Waals surface area (Å²) >= 11 is 1.33. The van der Waals surface area contributed by atoms with Crippen molar-refractivity contribution in [3.05, 3.63) is 58.2 Å². The third-order valence-electron chi connectivity index (χ3n) is 4.85. The number of nitrogens with one attached hydrogen (secondary N) is 2. The Morgan fingerprint density at radius 3 is 2.73 bits per heavy atom. The minimum Gasteiger partial charge on any atom is -0.496 e. The van der Waals surface area contributed by atoms with Gasteiger partial charge in [0.15, 0.2) is 0 Å². The number of fused-ring (bicyclic) bond motifs is 3. The van der Waals surface area contributed by atoms with Crippen molar-refractivity contribution >= 4 is 42.3 Å². The Hall–Kier alpha value is -2.72. The first-order valence-corrected chi connectivity index (χ1v) is 11.6. The molecule has 0 spiro atoms. The van der Waals surface area contributed by atoms with E-state index in [1.54, 1.807) is 30.3 Å². The summed E-state index contributed by atoms with van der Waals surface area (Å²) in [4.78, 5) is 15.4. The van der Waals surface area contributed by atoms with Crippen molar-refractivity contribution in [1.29, 1.82) is 0 Å². The average molecular weight is 445 g/mol. The predicted octanol–water partition coefficient (Wildman–Crippen LogP) is 3.08. The number of aromatic amines is 1. The number of pyridine rings is 1. The van der Waals surface area contributed by atoms with Crippen molar-refractivity contribution in [1.82, 2.24) is 9.71 Å². The van der Waals surface area contributed by atoms with Crippen LogP contribution in [0.25, 0.3) is 32.1 Å². The lowest BCUT2D eigenvalue weighted by atomic mass is 9.97. The van der Waals surface area contributed by atoms with Gasteiger partial charge in [-0.2, -0.15) is 0 Å². The van der Waals surface area contributed by atoms with Crippen LogP contribution < -0.4 is 15.0 Å². The largest absolute Gasteiger partial charge is 0.496 e. The first-order chi connectivity index (χ1) is 14.5. The minimum absolute atomic E-state index is 0.100. The summed E-state index contributed by atoms with van der Waals surface area (Å²) in [6.45, 7) is 0.0206. The van der Waals surface area contributed by atoms with Gasteiger partial charge in [-0.25, -0.2) is 13.1 Å². The molecule has 4 rings (SSSR count). The second-order valence-corrected chi connectivity index (χ2v) is 9.31. The van der Waals surface area contributed by atoms with Gasteiger partial charge in [-0.05, 0) is 36.1 Å². The maximum atomic E-state index is 13.0. The summed E-state index contributed by atoms with van der Waals surface area (Å²) in [5, 5.41) is 12.3. The average Bonchev–Trinajstić information content (AvgIpc) is 3.24. The molecule has 2 heterocycles. The molecule has 0 fully saturated rings. The number of methoxy groups -OCH3 is 1. The van der Waals surface area contributed by atoms with Gasteiger partial charge in [0.05, 0.1) is 12.0 Å². The number of aromatic nitrogens is 1. The second kappa shape index (κ2) is 8.19. The number of H-pyrrole nitrogens is 1. The molecule has 0 bridgehead atoms. The second-order valence-electron chi connectivity index (χ2n) is 6.65. The van der Waals surface area contributed by atoms with E-state index in [1.807, 2.05) is 11.4 Å². The van der Waals surface area contributed by atoms with Crippen LogP contribution >= 0.6 is 11.3 Å². The predicted molar refractivity (Wildman–Crippen MR) is 119 cm³/mol. The third kappa shape index (κ3) is 3.50. The minimum atomic E-state index is -3.84. The Balaban J connectivity index is 2.06. The monoisotopic (exact) mass is 444 g/mol. The lowest BCUT2D eigenvalue weighted by molar-refractivity contribution is 0.289. The third-order valence-corrected chi connectivity index (χ3v) is 7.28. The lowest BCUT2D eigenvalue weighted by Crippen LogP contribution is -2.26. The standard InChI is InChI=1S/C21H20N2O5S2/c1-28-16-8-7-15-18(14-9-12-29-20(14)21(25)23-15)19(16)13-5-2-3-6-17(13)30(26,27)22-10-4-11-24/h2-3,5-9,12,22,24H,4,10-11H2,1H3,(H,23,25). The smallest absolute Gasteiger partial charge is 0.266 e. The number of sulfonamides is 1. The molecule has 156 valence electrons. The van der Waals surface area contributed by atoms with Crippen LogP contribution in [0.5, 0.6) is 5.75 Å². The van der Waals surface area contributed by atoms with Gasteiger partial charge < -0.3 is 14.8 Å². The number of aliphatic hydroxyl groups excluding tert-OH is 1. The number of thiophene rings is 1. The number of aliphatic hydroxyl groups is 1. The molecule has 0 aliphatic carbocycles. The van der Waals surface area contributed by atoms with Crippen LogP contribution in [0.3, 0.4) is 0 Å². The molecular weight excluding hydrogens is 424 g/mol. The highest BCUT2D eigenvalue weighted by molar-refractivity contribution is 7.89. The van der Waals surface area contributed by atoms with E-state index in [9.17, 15) is 13.2 Å². The topological polar surface area (TPSA) is 108 Å². The fourth-order valence-electron chi connectivity index (χ4n) is 3.54. The van der Waals surface area contributed by atoms with Gasteiger partial charge in [0.2, 0.25) is 10.0 Å². The summed E-state index contributed by atoms with van der Waals surface area (Å²) in [5.41, 5.74) is 1.48. The summed E-state index contributed by atoms with van der Waals surface area (Å²) in [7, 11) is -2.31. The molecule has 0 atom stereocenters. The molecule has 2 aromatic carbocycles. The van der Waals surface area contributed by atoms with Gasteiger partial charge >= 0.3 is 0 Å². The zero-order chi connectivity index (χ0) is 21.3. The normalized spacial score (nSPS) is 11.9. The molecule has 0 unspecified atom stereocenters. The van der Waals surface area contributed by atoms with Gasteiger partial charge in [-0.3, -0.25) is 4.79 Å². The first-order valence-electron chi connectivity index (χ1n) is 9.28. The van der Waals surface area contributed by atoms with Crippen LogP contribution in [0.15, 0.2) is 57.5 Å². The summed E-state index contributed by atoms with van der Waals surface area (Å²) in [5.74, 6) is 0.500. The van der Waals surface area contributed by atoms with Crippen LogP contribution in [-0.4, -0.2) is 38.8 Å². The van der Waals surface area contributed by atoms with Crippen molar-refractivity contribution < 1.29 is 18.3 Å². The van der Waals surface area contributed by atoms with Gasteiger partial charge in [0, 0.05) is 40.6 Å². The highest BCUT2D eigenvalue weighted by Gasteiger charge is 2.23. The quantitative estimate of drug-likeness (QED) is 0.380. The number of rotatable bonds is 7. The molecule has 4 aromatic rings. The van der Waals surface area contributed by atoms with E-state index in [0.717, 1.165) is 10.8 Å². The van der Waals surface area contributed by atoms with Crippen molar-refractivity contribution in [2.45, 2.75) is 11.3 Å². The van der Waals surface area contributed by atoms with E-state index in [1.165, 1.54) is 24.5 Å². The zero-order valence-corrected chi connectivity index (χ0v) is 17.8. The Kier molecular flexibility index (Phi) is 5.61. The van der Waals surface area contributed by atoms with E-state index >= 15 is 0 Å². The van der Waals surface area contributed by atoms with Gasteiger partial charge in [-0.15, -0.1) is 11.3 Å². The number of hydrogen-bond acceptors (Lipinski definition) is 6. The molecule has 9 heteroatoms. The van der Waals surface area contributed by atoms with Crippen LogP contribution in [-0.2, 0) is 10.0 Å². The highest BCUT2D eigenvalue weighted by atomic mass is 32.2. The lowest BCUT2D eigenvalue weighted by Gasteiger charge is -2.17. The van der Waals surface area contributed by atoms with Crippen LogP contribution in [0.4, 0.5) is 0 Å². The molecular formula is C21H20N2O5S2. The van der Waals surface area contributed by atoms with Crippen LogP contribution in [0.2, 0.25) is 0 Å². The Bertz CT molecular complexity index is 1390. The fourth-order valence-corrected chi connectivity index (χ4v) is 5.62. The Morgan fingerprint density at radius 1 is 1.17 bits per heavy atom. The molecule has 0 radical (unpaired) electrons. The van der Waals surface area contributed by atoms with E-state index in [-0.39, 0.29) is 23.6 Å². The maximum Gasteiger partial charge on any atom is 0.266 e. The summed E-state index contributed by atoms with van der Waals surface area (Å²) in [6.07, 6.45) is 0.315. The van der Waals surface area contributed by atoms with Gasteiger partial charge in [-0.1, -0.05) is 18.2 Å². The van der Waals surface area contributed by atoms with Crippen LogP contribution in [0.1, 0.15) is 6.42 Å². The van der Waals surface area contributed by atoms with E-state index in [2.05, 4.69) is 9.71 Å². The van der Waals surface area contributed by atoms with Crippen molar-refractivity contribution in [2.75, 3.05) is 20.3 Å². The zero-order valence-electron chi connectivity index (χ0n) is 16.1. The SMILES string of the molecule is COc1ccc2[nH]c(=O)c3sccc3c2c1-c1ccccc1S(=O)(=O)NCCCO. The highest BCUT2D eigenvalue weighted by Crippen LogP contribution is 2.42. The molecule has 0 saturated heterocycles. The number of benzene rings is 2. The van der Waals surface area contributed by atoms with E-state index < -0.39 is 10.0 Å². The number of ether oxygens (including phenoxy) is 1. The maximum absolute atomic E-state index is 13.0. The Labute approximate surface area is 177 Å². The molecule has 0 amide bonds. The van der Waals surface area contributed by atoms with Crippen LogP contribution in [0, 0.1) is 0 Å². The fraction of sp³-hybridized carbons (Fsp3) is 0.190. The Morgan fingerprint density at radius 2 is 1.97 bits per heavy atom. The molecule has 0 aliphatic rings.